The van der Waals surface area contributed by atoms with Crippen LogP contribution in [0.4, 0.5) is 21.5 Å². The van der Waals surface area contributed by atoms with Crippen LogP contribution in [0.25, 0.3) is 0 Å². The molecular formula is C17H17BrClFN2O. The molecule has 0 unspecified atom stereocenters. The topological polar surface area (TPSA) is 47.3 Å². The molecule has 1 fully saturated rings. The van der Waals surface area contributed by atoms with Gasteiger partial charge < -0.3 is 15.8 Å². The van der Waals surface area contributed by atoms with Crippen LogP contribution in [0.3, 0.4) is 0 Å². The Morgan fingerprint density at radius 1 is 1.22 bits per heavy atom. The van der Waals surface area contributed by atoms with Gasteiger partial charge >= 0.3 is 0 Å². The van der Waals surface area contributed by atoms with E-state index in [1.807, 2.05) is 12.1 Å². The maximum Gasteiger partial charge on any atom is 0.151 e. The second kappa shape index (κ2) is 6.67. The van der Waals surface area contributed by atoms with Crippen molar-refractivity contribution >= 4 is 44.6 Å². The van der Waals surface area contributed by atoms with Crippen molar-refractivity contribution in [2.45, 2.75) is 6.42 Å². The standard InChI is InChI=1S/C17H17BrClFN2O/c18-8-17(9-23-10-17)7-11-13(21)5-6-15(16(11)20)22-14-4-2-1-3-12(14)19/h1-6,22H,7-10,21H2. The van der Waals surface area contributed by atoms with E-state index in [2.05, 4.69) is 21.2 Å². The first-order chi connectivity index (χ1) is 11.0. The fourth-order valence-electron chi connectivity index (χ4n) is 2.61. The molecule has 23 heavy (non-hydrogen) atoms. The fourth-order valence-corrected chi connectivity index (χ4v) is 3.32. The molecule has 3 nitrogen and oxygen atoms in total. The van der Waals surface area contributed by atoms with Gasteiger partial charge in [-0.2, -0.15) is 0 Å². The van der Waals surface area contributed by atoms with E-state index in [9.17, 15) is 4.39 Å². The molecule has 122 valence electrons. The Kier molecular flexibility index (Phi) is 4.80. The SMILES string of the molecule is Nc1ccc(Nc2ccccc2Cl)c(F)c1CC1(CBr)COC1. The smallest absolute Gasteiger partial charge is 0.151 e. The van der Waals surface area contributed by atoms with Crippen LogP contribution < -0.4 is 11.1 Å². The van der Waals surface area contributed by atoms with Gasteiger partial charge in [-0.3, -0.25) is 0 Å². The minimum absolute atomic E-state index is 0.0853. The molecule has 0 amide bonds. The van der Waals surface area contributed by atoms with E-state index in [1.54, 1.807) is 24.3 Å². The maximum absolute atomic E-state index is 14.9. The number of rotatable bonds is 5. The number of hydrogen-bond donors (Lipinski definition) is 2. The van der Waals surface area contributed by atoms with Crippen molar-refractivity contribution in [3.8, 4) is 0 Å². The molecule has 6 heteroatoms. The molecule has 0 aliphatic carbocycles. The number of halogens is 3. The number of nitrogens with two attached hydrogens (primary N) is 1. The van der Waals surface area contributed by atoms with Crippen molar-refractivity contribution in [1.29, 1.82) is 0 Å². The molecule has 3 rings (SSSR count). The van der Waals surface area contributed by atoms with E-state index in [-0.39, 0.29) is 11.2 Å². The second-order valence-corrected chi connectivity index (χ2v) is 6.87. The van der Waals surface area contributed by atoms with E-state index in [1.165, 1.54) is 0 Å². The molecule has 2 aromatic rings. The summed E-state index contributed by atoms with van der Waals surface area (Å²) >= 11 is 9.62. The van der Waals surface area contributed by atoms with E-state index < -0.39 is 0 Å². The van der Waals surface area contributed by atoms with Crippen LogP contribution in [0.15, 0.2) is 36.4 Å². The van der Waals surface area contributed by atoms with E-state index >= 15 is 0 Å². The van der Waals surface area contributed by atoms with Gasteiger partial charge in [-0.25, -0.2) is 4.39 Å². The summed E-state index contributed by atoms with van der Waals surface area (Å²) in [7, 11) is 0. The minimum Gasteiger partial charge on any atom is -0.398 e. The molecule has 0 aromatic heterocycles. The highest BCUT2D eigenvalue weighted by atomic mass is 79.9. The summed E-state index contributed by atoms with van der Waals surface area (Å²) in [6, 6.07) is 10.6. The number of hydrogen-bond acceptors (Lipinski definition) is 3. The molecular weight excluding hydrogens is 383 g/mol. The predicted octanol–water partition coefficient (Wildman–Crippen LogP) is 4.76. The summed E-state index contributed by atoms with van der Waals surface area (Å²) in [5.74, 6) is -0.336. The number of nitrogen functional groups attached to an aromatic ring is 1. The van der Waals surface area contributed by atoms with Gasteiger partial charge in [-0.1, -0.05) is 39.7 Å². The minimum atomic E-state index is -0.336. The lowest BCUT2D eigenvalue weighted by atomic mass is 9.81. The van der Waals surface area contributed by atoms with Gasteiger partial charge in [-0.15, -0.1) is 0 Å². The third-order valence-electron chi connectivity index (χ3n) is 4.07. The van der Waals surface area contributed by atoms with Gasteiger partial charge in [-0.05, 0) is 30.7 Å². The first-order valence-corrected chi connectivity index (χ1v) is 8.77. The van der Waals surface area contributed by atoms with Gasteiger partial charge in [0.1, 0.15) is 0 Å². The zero-order chi connectivity index (χ0) is 16.4. The molecule has 0 spiro atoms. The Balaban J connectivity index is 1.91. The quantitative estimate of drug-likeness (QED) is 0.563. The monoisotopic (exact) mass is 398 g/mol. The molecule has 0 radical (unpaired) electrons. The largest absolute Gasteiger partial charge is 0.398 e. The van der Waals surface area contributed by atoms with Crippen molar-refractivity contribution < 1.29 is 9.13 Å². The normalized spacial score (nSPS) is 16.0. The van der Waals surface area contributed by atoms with Crippen molar-refractivity contribution in [2.75, 3.05) is 29.6 Å². The fraction of sp³-hybridized carbons (Fsp3) is 0.294. The molecule has 1 aliphatic rings. The Bertz CT molecular complexity index is 716. The Hall–Kier alpha value is -1.30. The average Bonchev–Trinajstić information content (AvgIpc) is 2.51. The second-order valence-electron chi connectivity index (χ2n) is 5.90. The van der Waals surface area contributed by atoms with Gasteiger partial charge in [0.05, 0.1) is 29.6 Å². The zero-order valence-corrected chi connectivity index (χ0v) is 14.8. The maximum atomic E-state index is 14.9. The first kappa shape index (κ1) is 16.6. The van der Waals surface area contributed by atoms with E-state index in [0.717, 1.165) is 5.33 Å². The van der Waals surface area contributed by atoms with Crippen molar-refractivity contribution in [3.63, 3.8) is 0 Å². The lowest BCUT2D eigenvalue weighted by Crippen LogP contribution is -2.46. The number of ether oxygens (including phenoxy) is 1. The van der Waals surface area contributed by atoms with Crippen LogP contribution in [0.5, 0.6) is 0 Å². The van der Waals surface area contributed by atoms with Crippen LogP contribution >= 0.6 is 27.5 Å². The molecule has 0 atom stereocenters. The lowest BCUT2D eigenvalue weighted by Gasteiger charge is -2.40. The van der Waals surface area contributed by atoms with Gasteiger partial charge in [0.25, 0.3) is 0 Å². The van der Waals surface area contributed by atoms with Crippen LogP contribution in [0, 0.1) is 11.2 Å². The summed E-state index contributed by atoms with van der Waals surface area (Å²) in [6.07, 6.45) is 0.536. The van der Waals surface area contributed by atoms with Crippen molar-refractivity contribution in [3.05, 3.63) is 52.8 Å². The van der Waals surface area contributed by atoms with Crippen LogP contribution in [0.1, 0.15) is 5.56 Å². The summed E-state index contributed by atoms with van der Waals surface area (Å²) in [4.78, 5) is 0. The third-order valence-corrected chi connectivity index (χ3v) is 5.59. The summed E-state index contributed by atoms with van der Waals surface area (Å²) in [5, 5.41) is 4.33. The average molecular weight is 400 g/mol. The van der Waals surface area contributed by atoms with Gasteiger partial charge in [0.2, 0.25) is 0 Å². The van der Waals surface area contributed by atoms with Crippen LogP contribution in [-0.4, -0.2) is 18.5 Å². The number of alkyl halides is 1. The van der Waals surface area contributed by atoms with E-state index in [0.29, 0.717) is 47.3 Å². The molecule has 3 N–H and O–H groups in total. The number of benzene rings is 2. The highest BCUT2D eigenvalue weighted by Crippen LogP contribution is 2.38. The van der Waals surface area contributed by atoms with E-state index in [4.69, 9.17) is 22.1 Å². The van der Waals surface area contributed by atoms with Crippen LogP contribution in [-0.2, 0) is 11.2 Å². The summed E-state index contributed by atoms with van der Waals surface area (Å²) in [5.41, 5.74) is 7.92. The zero-order valence-electron chi connectivity index (χ0n) is 12.4. The Morgan fingerprint density at radius 2 is 1.96 bits per heavy atom. The van der Waals surface area contributed by atoms with Gasteiger partial charge in [0.15, 0.2) is 5.82 Å². The van der Waals surface area contributed by atoms with Crippen molar-refractivity contribution in [1.82, 2.24) is 0 Å². The molecule has 1 aliphatic heterocycles. The lowest BCUT2D eigenvalue weighted by molar-refractivity contribution is -0.0966. The predicted molar refractivity (Wildman–Crippen MR) is 96.3 cm³/mol. The molecule has 1 saturated heterocycles. The molecule has 0 saturated carbocycles. The number of anilines is 3. The first-order valence-electron chi connectivity index (χ1n) is 7.27. The number of nitrogens with one attached hydrogen (secondary N) is 1. The Morgan fingerprint density at radius 3 is 2.57 bits per heavy atom. The van der Waals surface area contributed by atoms with Crippen molar-refractivity contribution in [2.24, 2.45) is 5.41 Å². The Labute approximate surface area is 148 Å². The number of para-hydroxylation sites is 1. The molecule has 2 aromatic carbocycles. The third kappa shape index (κ3) is 3.32. The highest BCUT2D eigenvalue weighted by molar-refractivity contribution is 9.09. The summed E-state index contributed by atoms with van der Waals surface area (Å²) < 4.78 is 20.2. The molecule has 0 bridgehead atoms. The highest BCUT2D eigenvalue weighted by Gasteiger charge is 2.39. The molecule has 1 heterocycles. The van der Waals surface area contributed by atoms with Crippen LogP contribution in [0.2, 0.25) is 5.02 Å². The van der Waals surface area contributed by atoms with Gasteiger partial charge in [0, 0.05) is 22.0 Å². The summed E-state index contributed by atoms with van der Waals surface area (Å²) in [6.45, 7) is 1.22.